The molecule has 0 aromatic carbocycles. The van der Waals surface area contributed by atoms with Gasteiger partial charge in [-0.1, -0.05) is 6.92 Å². The second-order valence-corrected chi connectivity index (χ2v) is 7.53. The lowest BCUT2D eigenvalue weighted by Crippen LogP contribution is -2.43. The predicted octanol–water partition coefficient (Wildman–Crippen LogP) is 1.36. The molecule has 1 rings (SSSR count). The lowest BCUT2D eigenvalue weighted by atomic mass is 10.2. The van der Waals surface area contributed by atoms with Crippen molar-refractivity contribution in [2.75, 3.05) is 45.9 Å². The highest BCUT2D eigenvalue weighted by Gasteiger charge is 2.21. The van der Waals surface area contributed by atoms with Gasteiger partial charge in [0, 0.05) is 39.4 Å². The summed E-state index contributed by atoms with van der Waals surface area (Å²) < 4.78 is 11.6. The summed E-state index contributed by atoms with van der Waals surface area (Å²) in [6.07, 6.45) is 2.51. The van der Waals surface area contributed by atoms with Gasteiger partial charge in [-0.15, -0.1) is 0 Å². The van der Waals surface area contributed by atoms with Crippen molar-refractivity contribution in [2.24, 2.45) is 0 Å². The first-order valence-corrected chi connectivity index (χ1v) is 9.05. The van der Waals surface area contributed by atoms with Crippen molar-refractivity contribution in [3.8, 4) is 0 Å². The van der Waals surface area contributed by atoms with Gasteiger partial charge in [-0.3, -0.25) is 0 Å². The molecule has 1 heterocycles. The van der Waals surface area contributed by atoms with Gasteiger partial charge in [0.2, 0.25) is 0 Å². The Balaban J connectivity index is 2.14. The summed E-state index contributed by atoms with van der Waals surface area (Å²) in [5.41, 5.74) is 0.618. The third kappa shape index (κ3) is 6.29. The van der Waals surface area contributed by atoms with Crippen molar-refractivity contribution in [1.29, 1.82) is 0 Å². The zero-order valence-corrected chi connectivity index (χ0v) is 13.4. The van der Waals surface area contributed by atoms with Gasteiger partial charge >= 0.3 is 9.28 Å². The monoisotopic (exact) mass is 274 g/mol. The van der Waals surface area contributed by atoms with Crippen molar-refractivity contribution in [3.05, 3.63) is 0 Å². The van der Waals surface area contributed by atoms with Crippen LogP contribution >= 0.6 is 0 Å². The molecule has 1 unspecified atom stereocenters. The molecule has 0 amide bonds. The SMILES string of the molecule is CCO[SiH](OCC)C(C)CCCN1CCNCC1. The molecule has 1 aliphatic heterocycles. The minimum Gasteiger partial charge on any atom is -0.397 e. The van der Waals surface area contributed by atoms with E-state index in [1.165, 1.54) is 32.5 Å². The Morgan fingerprint density at radius 1 is 1.17 bits per heavy atom. The average Bonchev–Trinajstić information content (AvgIpc) is 2.39. The molecule has 18 heavy (non-hydrogen) atoms. The van der Waals surface area contributed by atoms with E-state index in [0.29, 0.717) is 5.54 Å². The number of piperazine rings is 1. The van der Waals surface area contributed by atoms with Crippen LogP contribution in [0, 0.1) is 0 Å². The van der Waals surface area contributed by atoms with Gasteiger partial charge in [-0.25, -0.2) is 0 Å². The molecule has 1 fully saturated rings. The van der Waals surface area contributed by atoms with E-state index in [1.807, 2.05) is 0 Å². The Morgan fingerprint density at radius 2 is 1.78 bits per heavy atom. The van der Waals surface area contributed by atoms with E-state index < -0.39 is 9.28 Å². The summed E-state index contributed by atoms with van der Waals surface area (Å²) in [6.45, 7) is 13.9. The molecular weight excluding hydrogens is 244 g/mol. The smallest absolute Gasteiger partial charge is 0.324 e. The Bertz CT molecular complexity index is 195. The summed E-state index contributed by atoms with van der Waals surface area (Å²) in [5, 5.41) is 3.39. The van der Waals surface area contributed by atoms with Crippen molar-refractivity contribution in [1.82, 2.24) is 10.2 Å². The number of nitrogens with zero attached hydrogens (tertiary/aromatic N) is 1. The van der Waals surface area contributed by atoms with E-state index in [9.17, 15) is 0 Å². The number of nitrogens with one attached hydrogen (secondary N) is 1. The van der Waals surface area contributed by atoms with E-state index in [2.05, 4.69) is 31.0 Å². The first-order chi connectivity index (χ1) is 8.77. The fourth-order valence-electron chi connectivity index (χ4n) is 2.41. The van der Waals surface area contributed by atoms with Gasteiger partial charge in [0.1, 0.15) is 0 Å². The number of hydrogen-bond donors (Lipinski definition) is 1. The van der Waals surface area contributed by atoms with Crippen molar-refractivity contribution in [3.63, 3.8) is 0 Å². The molecule has 0 spiro atoms. The van der Waals surface area contributed by atoms with Gasteiger partial charge in [-0.05, 0) is 38.8 Å². The Labute approximate surface area is 114 Å². The molecule has 0 saturated carbocycles. The Kier molecular flexibility index (Phi) is 8.88. The first kappa shape index (κ1) is 16.1. The average molecular weight is 274 g/mol. The summed E-state index contributed by atoms with van der Waals surface area (Å²) in [7, 11) is -1.43. The quantitative estimate of drug-likeness (QED) is 0.644. The normalized spacial score (nSPS) is 19.3. The molecule has 1 aliphatic rings. The van der Waals surface area contributed by atoms with Crippen LogP contribution in [0.4, 0.5) is 0 Å². The lowest BCUT2D eigenvalue weighted by Gasteiger charge is -2.28. The second kappa shape index (κ2) is 9.92. The molecule has 1 saturated heterocycles. The molecule has 5 heteroatoms. The highest BCUT2D eigenvalue weighted by molar-refractivity contribution is 6.46. The maximum Gasteiger partial charge on any atom is 0.324 e. The van der Waals surface area contributed by atoms with Crippen molar-refractivity contribution >= 4 is 9.28 Å². The highest BCUT2D eigenvalue weighted by atomic mass is 28.3. The van der Waals surface area contributed by atoms with E-state index in [-0.39, 0.29) is 0 Å². The topological polar surface area (TPSA) is 33.7 Å². The summed E-state index contributed by atoms with van der Waals surface area (Å²) >= 11 is 0. The van der Waals surface area contributed by atoms with Gasteiger partial charge in [0.25, 0.3) is 0 Å². The van der Waals surface area contributed by atoms with Crippen LogP contribution in [0.3, 0.4) is 0 Å². The van der Waals surface area contributed by atoms with Gasteiger partial charge < -0.3 is 19.1 Å². The van der Waals surface area contributed by atoms with Crippen LogP contribution in [0.25, 0.3) is 0 Å². The van der Waals surface area contributed by atoms with Gasteiger partial charge in [0.05, 0.1) is 0 Å². The molecule has 0 bridgehead atoms. The summed E-state index contributed by atoms with van der Waals surface area (Å²) in [6, 6.07) is 0. The molecule has 0 aliphatic carbocycles. The van der Waals surface area contributed by atoms with E-state index in [4.69, 9.17) is 8.85 Å². The maximum atomic E-state index is 5.78. The van der Waals surface area contributed by atoms with Gasteiger partial charge in [0.15, 0.2) is 0 Å². The Hall–Kier alpha value is 0.0569. The zero-order chi connectivity index (χ0) is 13.2. The predicted molar refractivity (Wildman–Crippen MR) is 78.4 cm³/mol. The molecule has 0 aromatic rings. The van der Waals surface area contributed by atoms with Crippen molar-refractivity contribution < 1.29 is 8.85 Å². The minimum atomic E-state index is -1.43. The highest BCUT2D eigenvalue weighted by Crippen LogP contribution is 2.18. The molecule has 4 nitrogen and oxygen atoms in total. The number of rotatable bonds is 9. The zero-order valence-electron chi connectivity index (χ0n) is 12.3. The molecule has 0 aromatic heterocycles. The molecule has 108 valence electrons. The van der Waals surface area contributed by atoms with Crippen LogP contribution in [0.5, 0.6) is 0 Å². The van der Waals surface area contributed by atoms with Crippen LogP contribution in [0.1, 0.15) is 33.6 Å². The number of hydrogen-bond acceptors (Lipinski definition) is 4. The standard InChI is InChI=1S/C13H30N2O2Si/c1-4-16-18(17-5-2)13(3)7-6-10-15-11-8-14-9-12-15/h13-14,18H,4-12H2,1-3H3. The van der Waals surface area contributed by atoms with Crippen LogP contribution < -0.4 is 5.32 Å². The van der Waals surface area contributed by atoms with Crippen LogP contribution in [0.15, 0.2) is 0 Å². The first-order valence-electron chi connectivity index (χ1n) is 7.44. The minimum absolute atomic E-state index is 0.618. The largest absolute Gasteiger partial charge is 0.397 e. The molecule has 1 N–H and O–H groups in total. The van der Waals surface area contributed by atoms with Gasteiger partial charge in [-0.2, -0.15) is 0 Å². The molecule has 1 atom stereocenters. The summed E-state index contributed by atoms with van der Waals surface area (Å²) in [5.74, 6) is 0. The van der Waals surface area contributed by atoms with Crippen LogP contribution in [-0.2, 0) is 8.85 Å². The third-order valence-electron chi connectivity index (χ3n) is 3.47. The fraction of sp³-hybridized carbons (Fsp3) is 1.00. The van der Waals surface area contributed by atoms with E-state index >= 15 is 0 Å². The van der Waals surface area contributed by atoms with E-state index in [1.54, 1.807) is 0 Å². The third-order valence-corrected chi connectivity index (χ3v) is 6.06. The Morgan fingerprint density at radius 3 is 2.33 bits per heavy atom. The van der Waals surface area contributed by atoms with Crippen LogP contribution in [0.2, 0.25) is 5.54 Å². The van der Waals surface area contributed by atoms with Crippen molar-refractivity contribution in [2.45, 2.75) is 39.2 Å². The molecular formula is C13H30N2O2Si. The lowest BCUT2D eigenvalue weighted by molar-refractivity contribution is 0.200. The molecule has 0 radical (unpaired) electrons. The van der Waals surface area contributed by atoms with Crippen LogP contribution in [-0.4, -0.2) is 60.1 Å². The maximum absolute atomic E-state index is 5.78. The van der Waals surface area contributed by atoms with E-state index in [0.717, 1.165) is 26.3 Å². The summed E-state index contributed by atoms with van der Waals surface area (Å²) in [4.78, 5) is 2.56. The fourth-order valence-corrected chi connectivity index (χ4v) is 4.33. The second-order valence-electron chi connectivity index (χ2n) is 4.99.